The third kappa shape index (κ3) is 4.91. The zero-order chi connectivity index (χ0) is 18.0. The number of aromatic nitrogens is 1. The van der Waals surface area contributed by atoms with Gasteiger partial charge in [0.2, 0.25) is 10.0 Å². The largest absolute Gasteiger partial charge is 0.356 e. The van der Waals surface area contributed by atoms with Crippen molar-refractivity contribution in [3.8, 4) is 0 Å². The minimum atomic E-state index is -3.56. The van der Waals surface area contributed by atoms with E-state index in [2.05, 4.69) is 10.3 Å². The fraction of sp³-hybridized carbons (Fsp3) is 0.667. The minimum absolute atomic E-state index is 0. The van der Waals surface area contributed by atoms with E-state index in [4.69, 9.17) is 5.73 Å². The second-order valence-electron chi connectivity index (χ2n) is 6.50. The first-order chi connectivity index (χ1) is 11.2. The summed E-state index contributed by atoms with van der Waals surface area (Å²) in [6.45, 7) is 7.13. The molecule has 1 fully saturated rings. The van der Waals surface area contributed by atoms with E-state index in [1.165, 1.54) is 16.6 Å². The molecular formula is C15H27ClN4O3S2. The number of thioether (sulfide) groups is 1. The predicted molar refractivity (Wildman–Crippen MR) is 104 cm³/mol. The van der Waals surface area contributed by atoms with Crippen molar-refractivity contribution in [2.75, 3.05) is 31.1 Å². The molecule has 10 heteroatoms. The quantitative estimate of drug-likeness (QED) is 0.654. The molecule has 0 spiro atoms. The van der Waals surface area contributed by atoms with Gasteiger partial charge in [-0.2, -0.15) is 16.1 Å². The standard InChI is InChI=1S/C15H26N4O3S2.ClH/c1-11(2)15(3,10-16)18-14(20)13-8-12(9-17-13)24(21,22)19-4-6-23-7-5-19;/h8-9,11,17H,4-7,10,16H2,1-3H3,(H,18,20);1H. The number of H-pyrrole nitrogens is 1. The first kappa shape index (κ1) is 22.3. The second kappa shape index (κ2) is 8.77. The lowest BCUT2D eigenvalue weighted by atomic mass is 9.88. The van der Waals surface area contributed by atoms with Crippen molar-refractivity contribution >= 4 is 40.1 Å². The number of rotatable bonds is 6. The molecule has 7 nitrogen and oxygen atoms in total. The molecule has 144 valence electrons. The van der Waals surface area contributed by atoms with E-state index in [1.807, 2.05) is 20.8 Å². The van der Waals surface area contributed by atoms with Gasteiger partial charge in [0.05, 0.1) is 5.54 Å². The van der Waals surface area contributed by atoms with Gasteiger partial charge >= 0.3 is 0 Å². The summed E-state index contributed by atoms with van der Waals surface area (Å²) in [6, 6.07) is 1.39. The van der Waals surface area contributed by atoms with Gasteiger partial charge in [0.25, 0.3) is 5.91 Å². The molecule has 1 saturated heterocycles. The van der Waals surface area contributed by atoms with Crippen LogP contribution in [0.25, 0.3) is 0 Å². The molecule has 1 aliphatic heterocycles. The molecule has 2 rings (SSSR count). The van der Waals surface area contributed by atoms with E-state index in [9.17, 15) is 13.2 Å². The van der Waals surface area contributed by atoms with E-state index in [0.29, 0.717) is 19.6 Å². The summed E-state index contributed by atoms with van der Waals surface area (Å²) in [5, 5.41) is 2.90. The topological polar surface area (TPSA) is 108 Å². The highest BCUT2D eigenvalue weighted by atomic mass is 35.5. The first-order valence-corrected chi connectivity index (χ1v) is 10.6. The number of hydrogen-bond donors (Lipinski definition) is 3. The van der Waals surface area contributed by atoms with Crippen LogP contribution in [-0.2, 0) is 10.0 Å². The molecule has 25 heavy (non-hydrogen) atoms. The SMILES string of the molecule is CC(C)C(C)(CN)NC(=O)c1cc(S(=O)(=O)N2CCSCC2)c[nH]1.Cl. The number of nitrogens with one attached hydrogen (secondary N) is 2. The number of aromatic amines is 1. The summed E-state index contributed by atoms with van der Waals surface area (Å²) in [5.74, 6) is 1.38. The smallest absolute Gasteiger partial charge is 0.268 e. The Balaban J connectivity index is 0.00000312. The average Bonchev–Trinajstić information content (AvgIpc) is 3.06. The van der Waals surface area contributed by atoms with E-state index in [-0.39, 0.29) is 34.8 Å². The number of sulfonamides is 1. The van der Waals surface area contributed by atoms with Crippen molar-refractivity contribution < 1.29 is 13.2 Å². The molecule has 0 saturated carbocycles. The minimum Gasteiger partial charge on any atom is -0.356 e. The van der Waals surface area contributed by atoms with Crippen molar-refractivity contribution in [3.05, 3.63) is 18.0 Å². The van der Waals surface area contributed by atoms with Crippen LogP contribution in [0.4, 0.5) is 0 Å². The van der Waals surface area contributed by atoms with Gasteiger partial charge in [0, 0.05) is 37.3 Å². The number of nitrogens with zero attached hydrogens (tertiary/aromatic N) is 1. The number of halogens is 1. The normalized spacial score (nSPS) is 18.4. The van der Waals surface area contributed by atoms with Crippen LogP contribution in [0.3, 0.4) is 0 Å². The zero-order valence-electron chi connectivity index (χ0n) is 14.7. The third-order valence-corrected chi connectivity index (χ3v) is 7.43. The van der Waals surface area contributed by atoms with Crippen molar-refractivity contribution in [1.82, 2.24) is 14.6 Å². The molecular weight excluding hydrogens is 384 g/mol. The lowest BCUT2D eigenvalue weighted by Crippen LogP contribution is -2.55. The molecule has 1 amide bonds. The highest BCUT2D eigenvalue weighted by molar-refractivity contribution is 7.99. The van der Waals surface area contributed by atoms with E-state index in [0.717, 1.165) is 11.5 Å². The predicted octanol–water partition coefficient (Wildman–Crippen LogP) is 1.28. The molecule has 1 atom stereocenters. The van der Waals surface area contributed by atoms with Gasteiger partial charge in [-0.25, -0.2) is 8.42 Å². The molecule has 2 heterocycles. The maximum atomic E-state index is 12.6. The van der Waals surface area contributed by atoms with Crippen molar-refractivity contribution in [1.29, 1.82) is 0 Å². The number of nitrogens with two attached hydrogens (primary N) is 1. The number of amides is 1. The summed E-state index contributed by atoms with van der Waals surface area (Å²) in [6.07, 6.45) is 1.38. The van der Waals surface area contributed by atoms with Crippen molar-refractivity contribution in [2.45, 2.75) is 31.2 Å². The monoisotopic (exact) mass is 410 g/mol. The maximum absolute atomic E-state index is 12.6. The molecule has 1 aromatic rings. The Labute approximate surface area is 159 Å². The van der Waals surface area contributed by atoms with Crippen LogP contribution >= 0.6 is 24.2 Å². The first-order valence-electron chi connectivity index (χ1n) is 7.99. The van der Waals surface area contributed by atoms with Crippen LogP contribution < -0.4 is 11.1 Å². The fourth-order valence-corrected chi connectivity index (χ4v) is 4.92. The number of hydrogen-bond acceptors (Lipinski definition) is 5. The second-order valence-corrected chi connectivity index (χ2v) is 9.66. The fourth-order valence-electron chi connectivity index (χ4n) is 2.35. The maximum Gasteiger partial charge on any atom is 0.268 e. The number of carbonyl (C=O) groups excluding carboxylic acids is 1. The highest BCUT2D eigenvalue weighted by Gasteiger charge is 2.31. The van der Waals surface area contributed by atoms with Gasteiger partial charge < -0.3 is 16.0 Å². The van der Waals surface area contributed by atoms with Gasteiger partial charge in [-0.05, 0) is 18.9 Å². The highest BCUT2D eigenvalue weighted by Crippen LogP contribution is 2.21. The van der Waals surface area contributed by atoms with Crippen LogP contribution in [0.2, 0.25) is 0 Å². The number of carbonyl (C=O) groups is 1. The Morgan fingerprint density at radius 3 is 2.56 bits per heavy atom. The van der Waals surface area contributed by atoms with Crippen LogP contribution in [0.15, 0.2) is 17.2 Å². The molecule has 0 radical (unpaired) electrons. The van der Waals surface area contributed by atoms with Crippen LogP contribution in [0, 0.1) is 5.92 Å². The van der Waals surface area contributed by atoms with Gasteiger partial charge in [-0.1, -0.05) is 13.8 Å². The molecule has 1 aliphatic rings. The van der Waals surface area contributed by atoms with Crippen LogP contribution in [0.5, 0.6) is 0 Å². The summed E-state index contributed by atoms with van der Waals surface area (Å²) in [4.78, 5) is 15.3. The molecule has 1 aromatic heterocycles. The van der Waals surface area contributed by atoms with Gasteiger partial charge in [0.1, 0.15) is 10.6 Å². The average molecular weight is 411 g/mol. The van der Waals surface area contributed by atoms with E-state index < -0.39 is 15.6 Å². The van der Waals surface area contributed by atoms with Crippen LogP contribution in [0.1, 0.15) is 31.3 Å². The summed E-state index contributed by atoms with van der Waals surface area (Å²) >= 11 is 1.74. The van der Waals surface area contributed by atoms with Crippen molar-refractivity contribution in [2.24, 2.45) is 11.7 Å². The molecule has 1 unspecified atom stereocenters. The van der Waals surface area contributed by atoms with E-state index >= 15 is 0 Å². The Bertz CT molecular complexity index is 687. The van der Waals surface area contributed by atoms with Gasteiger partial charge in [0.15, 0.2) is 0 Å². The lowest BCUT2D eigenvalue weighted by Gasteiger charge is -2.33. The molecule has 0 aliphatic carbocycles. The Hall–Kier alpha value is -0.740. The summed E-state index contributed by atoms with van der Waals surface area (Å²) in [7, 11) is -3.56. The Morgan fingerprint density at radius 2 is 2.04 bits per heavy atom. The zero-order valence-corrected chi connectivity index (χ0v) is 17.2. The Kier molecular flexibility index (Phi) is 7.82. The molecule has 0 bridgehead atoms. The molecule has 0 aromatic carbocycles. The van der Waals surface area contributed by atoms with Crippen molar-refractivity contribution in [3.63, 3.8) is 0 Å². The Morgan fingerprint density at radius 1 is 1.44 bits per heavy atom. The molecule has 4 N–H and O–H groups in total. The van der Waals surface area contributed by atoms with Gasteiger partial charge in [-0.3, -0.25) is 4.79 Å². The van der Waals surface area contributed by atoms with E-state index in [1.54, 1.807) is 11.8 Å². The lowest BCUT2D eigenvalue weighted by molar-refractivity contribution is 0.0878. The third-order valence-electron chi connectivity index (χ3n) is 4.61. The van der Waals surface area contributed by atoms with Gasteiger partial charge in [-0.15, -0.1) is 12.4 Å². The summed E-state index contributed by atoms with van der Waals surface area (Å²) in [5.41, 5.74) is 5.45. The summed E-state index contributed by atoms with van der Waals surface area (Å²) < 4.78 is 26.7. The van der Waals surface area contributed by atoms with Crippen LogP contribution in [-0.4, -0.2) is 60.3 Å².